The molecule has 1 aliphatic heterocycles. The molecule has 6 nitrogen and oxygen atoms in total. The Morgan fingerprint density at radius 3 is 2.50 bits per heavy atom. The van der Waals surface area contributed by atoms with Crippen LogP contribution in [0.15, 0.2) is 48.5 Å². The minimum absolute atomic E-state index is 0.0598. The minimum atomic E-state index is -0.602. The highest BCUT2D eigenvalue weighted by atomic mass is 16.5. The van der Waals surface area contributed by atoms with Gasteiger partial charge in [-0.15, -0.1) is 0 Å². The van der Waals surface area contributed by atoms with Gasteiger partial charge < -0.3 is 19.1 Å². The first-order valence-electron chi connectivity index (χ1n) is 9.13. The molecule has 0 spiro atoms. The number of benzene rings is 2. The van der Waals surface area contributed by atoms with Gasteiger partial charge in [0, 0.05) is 23.6 Å². The Hall–Kier alpha value is -3.28. The Morgan fingerprint density at radius 2 is 1.79 bits per heavy atom. The van der Waals surface area contributed by atoms with E-state index in [4.69, 9.17) is 14.2 Å². The Labute approximate surface area is 163 Å². The summed E-state index contributed by atoms with van der Waals surface area (Å²) >= 11 is 0. The third-order valence-corrected chi connectivity index (χ3v) is 4.91. The normalized spacial score (nSPS) is 16.3. The van der Waals surface area contributed by atoms with E-state index in [1.54, 1.807) is 26.0 Å². The predicted octanol–water partition coefficient (Wildman–Crippen LogP) is 3.56. The molecule has 1 amide bonds. The van der Waals surface area contributed by atoms with Gasteiger partial charge in [0.1, 0.15) is 11.5 Å². The maximum absolute atomic E-state index is 12.9. The van der Waals surface area contributed by atoms with Crippen molar-refractivity contribution in [2.24, 2.45) is 0 Å². The van der Waals surface area contributed by atoms with E-state index in [-0.39, 0.29) is 5.91 Å². The van der Waals surface area contributed by atoms with E-state index in [9.17, 15) is 4.79 Å². The van der Waals surface area contributed by atoms with E-state index in [0.717, 1.165) is 33.5 Å². The third kappa shape index (κ3) is 3.45. The molecule has 0 radical (unpaired) electrons. The molecule has 0 aliphatic carbocycles. The number of hydrogen-bond donors (Lipinski definition) is 0. The van der Waals surface area contributed by atoms with Crippen LogP contribution in [0.1, 0.15) is 18.1 Å². The molecule has 0 saturated heterocycles. The fraction of sp³-hybridized carbons (Fsp3) is 0.273. The number of aromatic nitrogens is 1. The maximum atomic E-state index is 12.9. The second-order valence-corrected chi connectivity index (χ2v) is 6.81. The van der Waals surface area contributed by atoms with Crippen LogP contribution < -0.4 is 14.2 Å². The predicted molar refractivity (Wildman–Crippen MR) is 106 cm³/mol. The van der Waals surface area contributed by atoms with Crippen LogP contribution in [0.5, 0.6) is 17.4 Å². The summed E-state index contributed by atoms with van der Waals surface area (Å²) in [6.07, 6.45) is -0.602. The maximum Gasteiger partial charge on any atom is 0.264 e. The summed E-state index contributed by atoms with van der Waals surface area (Å²) in [5.74, 6) is 1.97. The van der Waals surface area contributed by atoms with Crippen LogP contribution in [-0.4, -0.2) is 36.1 Å². The lowest BCUT2D eigenvalue weighted by atomic mass is 10.1. The molecule has 6 heteroatoms. The van der Waals surface area contributed by atoms with Gasteiger partial charge in [-0.2, -0.15) is 0 Å². The zero-order valence-corrected chi connectivity index (χ0v) is 16.1. The highest BCUT2D eigenvalue weighted by Crippen LogP contribution is 2.30. The molecule has 1 aromatic heterocycles. The first-order chi connectivity index (χ1) is 13.6. The lowest BCUT2D eigenvalue weighted by Crippen LogP contribution is -2.37. The zero-order chi connectivity index (χ0) is 19.7. The summed E-state index contributed by atoms with van der Waals surface area (Å²) in [4.78, 5) is 19.3. The van der Waals surface area contributed by atoms with Crippen LogP contribution in [0.25, 0.3) is 10.9 Å². The number of nitrogens with zero attached hydrogens (tertiary/aromatic N) is 2. The average Bonchev–Trinajstić information content (AvgIpc) is 2.83. The quantitative estimate of drug-likeness (QED) is 0.695. The van der Waals surface area contributed by atoms with E-state index in [0.29, 0.717) is 19.0 Å². The second-order valence-electron chi connectivity index (χ2n) is 6.81. The number of pyridine rings is 1. The molecule has 28 heavy (non-hydrogen) atoms. The monoisotopic (exact) mass is 378 g/mol. The van der Waals surface area contributed by atoms with Crippen molar-refractivity contribution >= 4 is 16.8 Å². The number of ether oxygens (including phenoxy) is 3. The lowest BCUT2D eigenvalue weighted by Gasteiger charge is -2.22. The van der Waals surface area contributed by atoms with Crippen molar-refractivity contribution in [1.82, 2.24) is 9.88 Å². The van der Waals surface area contributed by atoms with Gasteiger partial charge in [-0.1, -0.05) is 12.1 Å². The molecule has 4 rings (SSSR count). The van der Waals surface area contributed by atoms with E-state index >= 15 is 0 Å². The van der Waals surface area contributed by atoms with Crippen molar-refractivity contribution in [2.45, 2.75) is 26.1 Å². The Kier molecular flexibility index (Phi) is 4.77. The molecule has 144 valence electrons. The van der Waals surface area contributed by atoms with Crippen LogP contribution in [0.2, 0.25) is 0 Å². The fourth-order valence-corrected chi connectivity index (χ4v) is 3.36. The van der Waals surface area contributed by atoms with Crippen LogP contribution >= 0.6 is 0 Å². The highest BCUT2D eigenvalue weighted by Gasteiger charge is 2.29. The van der Waals surface area contributed by atoms with Gasteiger partial charge in [0.25, 0.3) is 5.91 Å². The number of hydrogen-bond acceptors (Lipinski definition) is 5. The Bertz CT molecular complexity index is 1020. The molecule has 3 aromatic rings. The summed E-state index contributed by atoms with van der Waals surface area (Å²) < 4.78 is 16.4. The molecule has 0 saturated carbocycles. The van der Waals surface area contributed by atoms with Crippen molar-refractivity contribution < 1.29 is 19.0 Å². The molecule has 0 bridgehead atoms. The van der Waals surface area contributed by atoms with E-state index < -0.39 is 6.10 Å². The van der Waals surface area contributed by atoms with Crippen LogP contribution in [0, 0.1) is 0 Å². The number of fused-ring (bicyclic) bond motifs is 2. The highest BCUT2D eigenvalue weighted by molar-refractivity contribution is 5.84. The van der Waals surface area contributed by atoms with E-state index in [1.807, 2.05) is 48.5 Å². The first kappa shape index (κ1) is 18.1. The van der Waals surface area contributed by atoms with Crippen molar-refractivity contribution in [3.05, 3.63) is 59.7 Å². The minimum Gasteiger partial charge on any atom is -0.497 e. The van der Waals surface area contributed by atoms with Crippen LogP contribution in [-0.2, 0) is 17.9 Å². The standard InChI is InChI=1S/C22H22N2O4/c1-14-22(25)24(12-15-4-7-18(26-2)8-5-15)13-17-10-16-6-9-19(27-3)11-20(16)23-21(17)28-14/h4-11,14H,12-13H2,1-3H3/t14-/m1/s1. The fourth-order valence-electron chi connectivity index (χ4n) is 3.36. The summed E-state index contributed by atoms with van der Waals surface area (Å²) in [7, 11) is 3.26. The van der Waals surface area contributed by atoms with Gasteiger partial charge in [0.05, 0.1) is 26.3 Å². The number of amides is 1. The van der Waals surface area contributed by atoms with Gasteiger partial charge >= 0.3 is 0 Å². The topological polar surface area (TPSA) is 60.9 Å². The number of carbonyl (C=O) groups excluding carboxylic acids is 1. The zero-order valence-electron chi connectivity index (χ0n) is 16.1. The van der Waals surface area contributed by atoms with Gasteiger partial charge in [-0.05, 0) is 42.8 Å². The van der Waals surface area contributed by atoms with Gasteiger partial charge in [0.15, 0.2) is 6.10 Å². The summed E-state index contributed by atoms with van der Waals surface area (Å²) in [5.41, 5.74) is 2.70. The van der Waals surface area contributed by atoms with Crippen LogP contribution in [0.3, 0.4) is 0 Å². The van der Waals surface area contributed by atoms with Crippen molar-refractivity contribution in [1.29, 1.82) is 0 Å². The molecule has 0 N–H and O–H groups in total. The lowest BCUT2D eigenvalue weighted by molar-refractivity contribution is -0.138. The van der Waals surface area contributed by atoms with Crippen molar-refractivity contribution in [3.8, 4) is 17.4 Å². The molecular formula is C22H22N2O4. The van der Waals surface area contributed by atoms with Crippen molar-refractivity contribution in [3.63, 3.8) is 0 Å². The van der Waals surface area contributed by atoms with Crippen molar-refractivity contribution in [2.75, 3.05) is 14.2 Å². The van der Waals surface area contributed by atoms with Gasteiger partial charge in [-0.25, -0.2) is 4.98 Å². The summed E-state index contributed by atoms with van der Waals surface area (Å²) in [6.45, 7) is 2.70. The number of carbonyl (C=O) groups is 1. The number of methoxy groups -OCH3 is 2. The second kappa shape index (κ2) is 7.38. The Morgan fingerprint density at radius 1 is 1.07 bits per heavy atom. The third-order valence-electron chi connectivity index (χ3n) is 4.91. The SMILES string of the molecule is COc1ccc(CN2Cc3cc4ccc(OC)cc4nc3O[C@H](C)C2=O)cc1. The molecule has 1 atom stereocenters. The van der Waals surface area contributed by atoms with Gasteiger partial charge in [-0.3, -0.25) is 4.79 Å². The molecule has 2 aromatic carbocycles. The van der Waals surface area contributed by atoms with E-state index in [1.165, 1.54) is 0 Å². The van der Waals surface area contributed by atoms with Gasteiger partial charge in [0.2, 0.25) is 5.88 Å². The molecule has 0 fully saturated rings. The molecule has 0 unspecified atom stereocenters. The van der Waals surface area contributed by atoms with E-state index in [2.05, 4.69) is 4.98 Å². The molecular weight excluding hydrogens is 356 g/mol. The number of rotatable bonds is 4. The average molecular weight is 378 g/mol. The molecule has 1 aliphatic rings. The summed E-state index contributed by atoms with van der Waals surface area (Å²) in [6, 6.07) is 15.5. The van der Waals surface area contributed by atoms with Crippen LogP contribution in [0.4, 0.5) is 0 Å². The first-order valence-corrected chi connectivity index (χ1v) is 9.13. The smallest absolute Gasteiger partial charge is 0.264 e. The Balaban J connectivity index is 1.67. The largest absolute Gasteiger partial charge is 0.497 e. The summed E-state index contributed by atoms with van der Waals surface area (Å²) in [5, 5.41) is 0.981. The molecule has 2 heterocycles.